The smallest absolute Gasteiger partial charge is 0.358 e. The minimum atomic E-state index is -1.02. The lowest BCUT2D eigenvalue weighted by atomic mass is 9.98. The van der Waals surface area contributed by atoms with Gasteiger partial charge in [-0.05, 0) is 44.0 Å². The third-order valence-electron chi connectivity index (χ3n) is 3.87. The molecule has 0 aliphatic carbocycles. The van der Waals surface area contributed by atoms with Crippen molar-refractivity contribution in [1.82, 2.24) is 15.1 Å². The number of hydrogen-bond donors (Lipinski definition) is 2. The molecule has 0 spiro atoms. The summed E-state index contributed by atoms with van der Waals surface area (Å²) in [5.41, 5.74) is 0.113. The van der Waals surface area contributed by atoms with Gasteiger partial charge < -0.3 is 15.2 Å². The minimum absolute atomic E-state index is 0.113. The van der Waals surface area contributed by atoms with E-state index < -0.39 is 5.97 Å². The van der Waals surface area contributed by atoms with Gasteiger partial charge in [-0.25, -0.2) is 4.79 Å². The van der Waals surface area contributed by atoms with Crippen molar-refractivity contribution in [2.45, 2.75) is 19.4 Å². The number of ether oxygens (including phenoxy) is 1. The molecule has 0 amide bonds. The van der Waals surface area contributed by atoms with E-state index in [9.17, 15) is 9.90 Å². The molecule has 1 saturated heterocycles. The van der Waals surface area contributed by atoms with E-state index in [1.165, 1.54) is 6.20 Å². The van der Waals surface area contributed by atoms with Crippen molar-refractivity contribution in [3.8, 4) is 11.5 Å². The lowest BCUT2D eigenvalue weighted by molar-refractivity contribution is 0.0678. The Labute approximate surface area is 128 Å². The van der Waals surface area contributed by atoms with Crippen molar-refractivity contribution in [2.24, 2.45) is 5.92 Å². The van der Waals surface area contributed by atoms with Crippen LogP contribution in [0.2, 0.25) is 0 Å². The Morgan fingerprint density at radius 2 is 2.05 bits per heavy atom. The molecule has 1 aromatic carbocycles. The summed E-state index contributed by atoms with van der Waals surface area (Å²) in [5.74, 6) is 0.320. The van der Waals surface area contributed by atoms with Gasteiger partial charge in [-0.1, -0.05) is 18.2 Å². The lowest BCUT2D eigenvalue weighted by Crippen LogP contribution is -2.30. The first-order chi connectivity index (χ1) is 10.7. The van der Waals surface area contributed by atoms with Gasteiger partial charge in [0.05, 0.1) is 6.20 Å². The lowest BCUT2D eigenvalue weighted by Gasteiger charge is -2.22. The second-order valence-electron chi connectivity index (χ2n) is 5.45. The Kier molecular flexibility index (Phi) is 4.39. The predicted molar refractivity (Wildman–Crippen MR) is 81.3 cm³/mol. The van der Waals surface area contributed by atoms with Crippen LogP contribution in [-0.4, -0.2) is 33.9 Å². The monoisotopic (exact) mass is 301 g/mol. The van der Waals surface area contributed by atoms with E-state index in [1.807, 2.05) is 18.2 Å². The number of carbonyl (C=O) groups is 1. The maximum absolute atomic E-state index is 11.6. The van der Waals surface area contributed by atoms with Crippen molar-refractivity contribution in [3.63, 3.8) is 0 Å². The summed E-state index contributed by atoms with van der Waals surface area (Å²) in [5, 5.41) is 17.0. The second-order valence-corrected chi connectivity index (χ2v) is 5.45. The number of hydrogen-bond acceptors (Lipinski definition) is 4. The van der Waals surface area contributed by atoms with Gasteiger partial charge in [0.25, 0.3) is 0 Å². The van der Waals surface area contributed by atoms with E-state index in [1.54, 1.807) is 16.8 Å². The van der Waals surface area contributed by atoms with Crippen LogP contribution in [0, 0.1) is 5.92 Å². The highest BCUT2D eigenvalue weighted by Gasteiger charge is 2.23. The second kappa shape index (κ2) is 6.62. The molecule has 2 heterocycles. The van der Waals surface area contributed by atoms with Crippen molar-refractivity contribution >= 4 is 5.97 Å². The van der Waals surface area contributed by atoms with Gasteiger partial charge >= 0.3 is 5.97 Å². The molecule has 1 aliphatic heterocycles. The van der Waals surface area contributed by atoms with Crippen LogP contribution in [-0.2, 0) is 6.54 Å². The zero-order chi connectivity index (χ0) is 15.4. The molecule has 0 saturated carbocycles. The van der Waals surface area contributed by atoms with Crippen LogP contribution in [0.25, 0.3) is 0 Å². The van der Waals surface area contributed by atoms with Crippen molar-refractivity contribution in [2.75, 3.05) is 13.1 Å². The molecule has 1 aliphatic rings. The van der Waals surface area contributed by atoms with Crippen molar-refractivity contribution in [1.29, 1.82) is 0 Å². The van der Waals surface area contributed by atoms with Crippen LogP contribution < -0.4 is 10.1 Å². The number of carboxylic acids is 1. The molecule has 116 valence electrons. The number of piperidine rings is 1. The highest BCUT2D eigenvalue weighted by Crippen LogP contribution is 2.26. The molecule has 0 bridgehead atoms. The van der Waals surface area contributed by atoms with Gasteiger partial charge in [-0.15, -0.1) is 0 Å². The topological polar surface area (TPSA) is 76.4 Å². The minimum Gasteiger partial charge on any atom is -0.476 e. The van der Waals surface area contributed by atoms with Crippen LogP contribution >= 0.6 is 0 Å². The molecule has 3 rings (SSSR count). The summed E-state index contributed by atoms with van der Waals surface area (Å²) in [7, 11) is 0. The molecule has 22 heavy (non-hydrogen) atoms. The van der Waals surface area contributed by atoms with Gasteiger partial charge in [-0.3, -0.25) is 4.68 Å². The Morgan fingerprint density at radius 3 is 2.73 bits per heavy atom. The molecule has 0 atom stereocenters. The van der Waals surface area contributed by atoms with Gasteiger partial charge in [0.15, 0.2) is 11.4 Å². The Morgan fingerprint density at radius 1 is 1.32 bits per heavy atom. The average molecular weight is 301 g/mol. The Balaban J connectivity index is 1.80. The fraction of sp³-hybridized carbons (Fsp3) is 0.375. The van der Waals surface area contributed by atoms with E-state index in [4.69, 9.17) is 4.74 Å². The van der Waals surface area contributed by atoms with Gasteiger partial charge in [0.2, 0.25) is 0 Å². The third-order valence-corrected chi connectivity index (χ3v) is 3.87. The van der Waals surface area contributed by atoms with E-state index in [0.717, 1.165) is 25.9 Å². The number of aromatic carboxylic acids is 1. The van der Waals surface area contributed by atoms with Crippen LogP contribution in [0.1, 0.15) is 23.3 Å². The fourth-order valence-corrected chi connectivity index (χ4v) is 2.72. The van der Waals surface area contributed by atoms with Crippen LogP contribution in [0.4, 0.5) is 0 Å². The number of benzene rings is 1. The molecular weight excluding hydrogens is 282 g/mol. The highest BCUT2D eigenvalue weighted by molar-refractivity contribution is 5.88. The Hall–Kier alpha value is -2.34. The van der Waals surface area contributed by atoms with Crippen LogP contribution in [0.3, 0.4) is 0 Å². The summed E-state index contributed by atoms with van der Waals surface area (Å²) in [6, 6.07) is 9.14. The van der Waals surface area contributed by atoms with Crippen molar-refractivity contribution < 1.29 is 14.6 Å². The first kappa shape index (κ1) is 14.6. The number of aromatic nitrogens is 2. The molecular formula is C16H19N3O3. The van der Waals surface area contributed by atoms with Crippen molar-refractivity contribution in [3.05, 3.63) is 42.2 Å². The first-order valence-electron chi connectivity index (χ1n) is 7.47. The Bertz CT molecular complexity index is 633. The molecule has 6 heteroatoms. The molecule has 2 N–H and O–H groups in total. The fourth-order valence-electron chi connectivity index (χ4n) is 2.72. The summed E-state index contributed by atoms with van der Waals surface area (Å²) < 4.78 is 7.22. The molecule has 1 fully saturated rings. The zero-order valence-corrected chi connectivity index (χ0v) is 12.2. The number of rotatable bonds is 5. The van der Waals surface area contributed by atoms with Gasteiger partial charge in [0.1, 0.15) is 5.75 Å². The summed E-state index contributed by atoms with van der Waals surface area (Å²) in [6.07, 6.45) is 3.55. The molecule has 1 aromatic heterocycles. The van der Waals surface area contributed by atoms with E-state index >= 15 is 0 Å². The maximum atomic E-state index is 11.6. The normalized spacial score (nSPS) is 15.6. The standard InChI is InChI=1S/C16H19N3O3/c20-16(21)15-14(22-13-4-2-1-3-5-13)10-18-19(15)11-12-6-8-17-9-7-12/h1-5,10,12,17H,6-9,11H2,(H,20,21). The predicted octanol–water partition coefficient (Wildman–Crippen LogP) is 2.37. The largest absolute Gasteiger partial charge is 0.476 e. The van der Waals surface area contributed by atoms with Gasteiger partial charge in [-0.2, -0.15) is 5.10 Å². The van der Waals surface area contributed by atoms with E-state index in [0.29, 0.717) is 18.2 Å². The molecule has 6 nitrogen and oxygen atoms in total. The van der Waals surface area contributed by atoms with Crippen LogP contribution in [0.5, 0.6) is 11.5 Å². The average Bonchev–Trinajstić information content (AvgIpc) is 2.92. The summed E-state index contributed by atoms with van der Waals surface area (Å²) in [6.45, 7) is 2.56. The maximum Gasteiger partial charge on any atom is 0.358 e. The number of nitrogens with zero attached hydrogens (tertiary/aromatic N) is 2. The van der Waals surface area contributed by atoms with Crippen LogP contribution in [0.15, 0.2) is 36.5 Å². The summed E-state index contributed by atoms with van der Waals surface area (Å²) in [4.78, 5) is 11.6. The third kappa shape index (κ3) is 3.28. The number of nitrogens with one attached hydrogen (secondary N) is 1. The number of carboxylic acid groups (broad SMARTS) is 1. The molecule has 0 unspecified atom stereocenters. The first-order valence-corrected chi connectivity index (χ1v) is 7.47. The SMILES string of the molecule is O=C(O)c1c(Oc2ccccc2)cnn1CC1CCNCC1. The summed E-state index contributed by atoms with van der Waals surface area (Å²) >= 11 is 0. The highest BCUT2D eigenvalue weighted by atomic mass is 16.5. The van der Waals surface area contributed by atoms with E-state index in [2.05, 4.69) is 10.4 Å². The molecule has 2 aromatic rings. The zero-order valence-electron chi connectivity index (χ0n) is 12.2. The molecule has 0 radical (unpaired) electrons. The van der Waals surface area contributed by atoms with Gasteiger partial charge in [0, 0.05) is 6.54 Å². The number of para-hydroxylation sites is 1. The van der Waals surface area contributed by atoms with E-state index in [-0.39, 0.29) is 11.4 Å². The quantitative estimate of drug-likeness (QED) is 0.886.